The molecule has 0 aliphatic carbocycles. The van der Waals surface area contributed by atoms with Crippen molar-refractivity contribution in [1.29, 1.82) is 0 Å². The van der Waals surface area contributed by atoms with Crippen LogP contribution in [-0.4, -0.2) is 35.2 Å². The molecule has 26 heavy (non-hydrogen) atoms. The Labute approximate surface area is 155 Å². The van der Waals surface area contributed by atoms with E-state index in [1.165, 1.54) is 5.56 Å². The number of hydrogen-bond donors (Lipinski definition) is 1. The number of thiazole rings is 1. The van der Waals surface area contributed by atoms with Crippen molar-refractivity contribution in [2.24, 2.45) is 0 Å². The number of piperidine rings is 1. The van der Waals surface area contributed by atoms with Crippen molar-refractivity contribution in [2.45, 2.75) is 25.3 Å². The molecule has 1 amide bonds. The van der Waals surface area contributed by atoms with Gasteiger partial charge in [0.2, 0.25) is 0 Å². The lowest BCUT2D eigenvalue weighted by Crippen LogP contribution is -2.51. The molecule has 1 fully saturated rings. The van der Waals surface area contributed by atoms with Gasteiger partial charge in [-0.25, -0.2) is 4.98 Å². The number of amides is 1. The van der Waals surface area contributed by atoms with Gasteiger partial charge in [-0.2, -0.15) is 0 Å². The lowest BCUT2D eigenvalue weighted by Gasteiger charge is -2.39. The summed E-state index contributed by atoms with van der Waals surface area (Å²) in [7, 11) is 0. The van der Waals surface area contributed by atoms with Crippen LogP contribution in [0.4, 0.5) is 5.13 Å². The van der Waals surface area contributed by atoms with Crippen LogP contribution in [0, 0.1) is 6.92 Å². The van der Waals surface area contributed by atoms with Crippen LogP contribution in [0.2, 0.25) is 0 Å². The van der Waals surface area contributed by atoms with Crippen molar-refractivity contribution in [3.05, 3.63) is 65.0 Å². The average Bonchev–Trinajstić information content (AvgIpc) is 3.34. The maximum absolute atomic E-state index is 12.6. The molecule has 7 heteroatoms. The normalized spacial score (nSPS) is 20.1. The Hall–Kier alpha value is -2.67. The molecule has 134 valence electrons. The molecule has 0 saturated carbocycles. The lowest BCUT2D eigenvalue weighted by atomic mass is 9.85. The van der Waals surface area contributed by atoms with Gasteiger partial charge < -0.3 is 14.7 Å². The molecule has 4 rings (SSSR count). The minimum Gasteiger partial charge on any atom is -0.361 e. The molecule has 1 N–H and O–H groups in total. The third-order valence-electron chi connectivity index (χ3n) is 4.71. The van der Waals surface area contributed by atoms with Gasteiger partial charge in [-0.3, -0.25) is 4.79 Å². The number of rotatable bonds is 4. The number of aryl methyl sites for hydroxylation is 1. The summed E-state index contributed by atoms with van der Waals surface area (Å²) in [6.07, 6.45) is 2.77. The van der Waals surface area contributed by atoms with E-state index in [2.05, 4.69) is 32.5 Å². The van der Waals surface area contributed by atoms with Crippen LogP contribution < -0.4 is 10.2 Å². The summed E-state index contributed by atoms with van der Waals surface area (Å²) in [6, 6.07) is 12.0. The molecule has 2 aromatic heterocycles. The molecular weight excluding hydrogens is 348 g/mol. The monoisotopic (exact) mass is 368 g/mol. The first-order chi connectivity index (χ1) is 12.7. The molecule has 0 bridgehead atoms. The Morgan fingerprint density at radius 3 is 2.88 bits per heavy atom. The molecule has 1 aliphatic rings. The number of nitrogens with zero attached hydrogens (tertiary/aromatic N) is 3. The first-order valence-corrected chi connectivity index (χ1v) is 9.52. The second-order valence-electron chi connectivity index (χ2n) is 6.47. The predicted molar refractivity (Wildman–Crippen MR) is 101 cm³/mol. The Morgan fingerprint density at radius 2 is 2.19 bits per heavy atom. The van der Waals surface area contributed by atoms with E-state index < -0.39 is 0 Å². The molecule has 3 aromatic rings. The summed E-state index contributed by atoms with van der Waals surface area (Å²) in [6.45, 7) is 3.42. The molecule has 0 spiro atoms. The van der Waals surface area contributed by atoms with Gasteiger partial charge in [0, 0.05) is 36.7 Å². The quantitative estimate of drug-likeness (QED) is 0.765. The van der Waals surface area contributed by atoms with Gasteiger partial charge in [0.15, 0.2) is 10.8 Å². The Balaban J connectivity index is 1.57. The maximum Gasteiger partial charge on any atom is 0.273 e. The SMILES string of the molecule is Cc1cc(C(=O)N[C@H]2CN(c3nccs3)CC[C@H]2c2ccccc2)no1. The van der Waals surface area contributed by atoms with Crippen LogP contribution in [0.5, 0.6) is 0 Å². The summed E-state index contributed by atoms with van der Waals surface area (Å²) < 4.78 is 5.04. The lowest BCUT2D eigenvalue weighted by molar-refractivity contribution is 0.0918. The topological polar surface area (TPSA) is 71.3 Å². The summed E-state index contributed by atoms with van der Waals surface area (Å²) in [5.41, 5.74) is 1.56. The highest BCUT2D eigenvalue weighted by Gasteiger charge is 2.33. The Bertz CT molecular complexity index is 863. The fourth-order valence-corrected chi connectivity index (χ4v) is 4.14. The largest absolute Gasteiger partial charge is 0.361 e. The Kier molecular flexibility index (Phi) is 4.71. The van der Waals surface area contributed by atoms with E-state index in [1.54, 1.807) is 24.3 Å². The number of carbonyl (C=O) groups excluding carboxylic acids is 1. The van der Waals surface area contributed by atoms with Gasteiger partial charge >= 0.3 is 0 Å². The molecule has 2 atom stereocenters. The van der Waals surface area contributed by atoms with Crippen LogP contribution >= 0.6 is 11.3 Å². The number of nitrogens with one attached hydrogen (secondary N) is 1. The van der Waals surface area contributed by atoms with Crippen molar-refractivity contribution in [2.75, 3.05) is 18.0 Å². The van der Waals surface area contributed by atoms with E-state index in [0.717, 1.165) is 24.6 Å². The van der Waals surface area contributed by atoms with Crippen molar-refractivity contribution < 1.29 is 9.32 Å². The fraction of sp³-hybridized carbons (Fsp3) is 0.316. The number of aromatic nitrogens is 2. The first-order valence-electron chi connectivity index (χ1n) is 8.64. The van der Waals surface area contributed by atoms with Gasteiger partial charge in [-0.1, -0.05) is 35.5 Å². The first kappa shape index (κ1) is 16.8. The third kappa shape index (κ3) is 3.48. The van der Waals surface area contributed by atoms with Crippen molar-refractivity contribution in [1.82, 2.24) is 15.5 Å². The van der Waals surface area contributed by atoms with Gasteiger partial charge in [-0.05, 0) is 18.9 Å². The molecule has 1 saturated heterocycles. The number of carbonyl (C=O) groups is 1. The number of benzene rings is 1. The standard InChI is InChI=1S/C19H20N4O2S/c1-13-11-16(22-25-13)18(24)21-17-12-23(19-20-8-10-26-19)9-7-15(17)14-5-3-2-4-6-14/h2-6,8,10-11,15,17H,7,9,12H2,1H3,(H,21,24)/t15-,17-/m0/s1. The van der Waals surface area contributed by atoms with E-state index in [0.29, 0.717) is 11.5 Å². The highest BCUT2D eigenvalue weighted by Crippen LogP contribution is 2.31. The molecule has 0 radical (unpaired) electrons. The molecule has 6 nitrogen and oxygen atoms in total. The minimum absolute atomic E-state index is 0.0282. The number of hydrogen-bond acceptors (Lipinski definition) is 6. The summed E-state index contributed by atoms with van der Waals surface area (Å²) >= 11 is 1.62. The summed E-state index contributed by atoms with van der Waals surface area (Å²) in [5.74, 6) is 0.681. The van der Waals surface area contributed by atoms with E-state index in [9.17, 15) is 4.79 Å². The zero-order chi connectivity index (χ0) is 17.9. The molecule has 3 heterocycles. The van der Waals surface area contributed by atoms with Crippen molar-refractivity contribution >= 4 is 22.4 Å². The van der Waals surface area contributed by atoms with E-state index >= 15 is 0 Å². The predicted octanol–water partition coefficient (Wildman–Crippen LogP) is 3.23. The summed E-state index contributed by atoms with van der Waals surface area (Å²) in [4.78, 5) is 19.3. The molecule has 1 aliphatic heterocycles. The van der Waals surface area contributed by atoms with Crippen LogP contribution in [0.15, 0.2) is 52.5 Å². The van der Waals surface area contributed by atoms with Crippen LogP contribution in [0.25, 0.3) is 0 Å². The van der Waals surface area contributed by atoms with Gasteiger partial charge in [-0.15, -0.1) is 11.3 Å². The van der Waals surface area contributed by atoms with Gasteiger partial charge in [0.25, 0.3) is 5.91 Å². The Morgan fingerprint density at radius 1 is 1.35 bits per heavy atom. The fourth-order valence-electron chi connectivity index (χ4n) is 3.46. The van der Waals surface area contributed by atoms with E-state index in [4.69, 9.17) is 4.52 Å². The van der Waals surface area contributed by atoms with E-state index in [-0.39, 0.29) is 17.9 Å². The zero-order valence-corrected chi connectivity index (χ0v) is 15.3. The molecular formula is C19H20N4O2S. The minimum atomic E-state index is -0.200. The second kappa shape index (κ2) is 7.29. The van der Waals surface area contributed by atoms with Gasteiger partial charge in [0.1, 0.15) is 5.76 Å². The summed E-state index contributed by atoms with van der Waals surface area (Å²) in [5, 5.41) is 9.97. The van der Waals surface area contributed by atoms with Crippen LogP contribution in [0.1, 0.15) is 34.2 Å². The highest BCUT2D eigenvalue weighted by molar-refractivity contribution is 7.13. The van der Waals surface area contributed by atoms with E-state index in [1.807, 2.05) is 29.8 Å². The van der Waals surface area contributed by atoms with Gasteiger partial charge in [0.05, 0.1) is 6.04 Å². The maximum atomic E-state index is 12.6. The van der Waals surface area contributed by atoms with Crippen molar-refractivity contribution in [3.8, 4) is 0 Å². The van der Waals surface area contributed by atoms with Crippen LogP contribution in [0.3, 0.4) is 0 Å². The van der Waals surface area contributed by atoms with Crippen molar-refractivity contribution in [3.63, 3.8) is 0 Å². The second-order valence-corrected chi connectivity index (χ2v) is 7.34. The molecule has 0 unspecified atom stereocenters. The zero-order valence-electron chi connectivity index (χ0n) is 14.5. The third-order valence-corrected chi connectivity index (χ3v) is 5.54. The molecule has 1 aromatic carbocycles. The van der Waals surface area contributed by atoms with Crippen LogP contribution in [-0.2, 0) is 0 Å². The smallest absolute Gasteiger partial charge is 0.273 e. The average molecular weight is 368 g/mol. The highest BCUT2D eigenvalue weighted by atomic mass is 32.1. The number of anilines is 1.